The number of benzene rings is 1. The Morgan fingerprint density at radius 2 is 2.00 bits per heavy atom. The number of amides is 1. The average molecular weight is 305 g/mol. The molecule has 0 saturated carbocycles. The number of carbonyl (C=O) groups excluding carboxylic acids is 1. The maximum absolute atomic E-state index is 12.4. The van der Waals surface area contributed by atoms with E-state index in [1.807, 2.05) is 0 Å². The van der Waals surface area contributed by atoms with Crippen molar-refractivity contribution in [2.45, 2.75) is 17.6 Å². The van der Waals surface area contributed by atoms with Gasteiger partial charge in [0.1, 0.15) is 0 Å². The van der Waals surface area contributed by atoms with Crippen LogP contribution in [-0.4, -0.2) is 19.3 Å². The molecule has 1 heterocycles. The van der Waals surface area contributed by atoms with Gasteiger partial charge in [0.2, 0.25) is 5.91 Å². The molecule has 0 spiro atoms. The van der Waals surface area contributed by atoms with Crippen LogP contribution in [0, 0.1) is 6.92 Å². The summed E-state index contributed by atoms with van der Waals surface area (Å²) in [5, 5.41) is 0. The fourth-order valence-corrected chi connectivity index (χ4v) is 3.54. The van der Waals surface area contributed by atoms with Crippen molar-refractivity contribution in [2.75, 3.05) is 5.73 Å². The number of anilines is 1. The van der Waals surface area contributed by atoms with Gasteiger partial charge in [0.25, 0.3) is 0 Å². The predicted octanol–water partition coefficient (Wildman–Crippen LogP) is 1.05. The summed E-state index contributed by atoms with van der Waals surface area (Å²) in [5.41, 5.74) is 12.6. The maximum atomic E-state index is 12.4. The van der Waals surface area contributed by atoms with Gasteiger partial charge < -0.3 is 11.5 Å². The third-order valence-electron chi connectivity index (χ3n) is 3.12. The van der Waals surface area contributed by atoms with Gasteiger partial charge in [-0.05, 0) is 36.2 Å². The van der Waals surface area contributed by atoms with Gasteiger partial charge in [-0.2, -0.15) is 0 Å². The van der Waals surface area contributed by atoms with Crippen molar-refractivity contribution in [3.05, 3.63) is 53.3 Å². The van der Waals surface area contributed by atoms with E-state index in [0.29, 0.717) is 16.7 Å². The van der Waals surface area contributed by atoms with E-state index in [2.05, 4.69) is 4.98 Å². The summed E-state index contributed by atoms with van der Waals surface area (Å²) in [6.07, 6.45) is 2.68. The minimum atomic E-state index is -3.58. The summed E-state index contributed by atoms with van der Waals surface area (Å²) < 4.78 is 24.8. The number of hydrogen-bond donors (Lipinski definition) is 2. The van der Waals surface area contributed by atoms with Gasteiger partial charge in [0, 0.05) is 11.8 Å². The van der Waals surface area contributed by atoms with Gasteiger partial charge in [-0.15, -0.1) is 0 Å². The number of nitrogens with zero attached hydrogens (tertiary/aromatic N) is 1. The number of aryl methyl sites for hydroxylation is 1. The second-order valence-electron chi connectivity index (χ2n) is 4.68. The standard InChI is InChI=1S/C14H15N3O3S/c1-9-6-10(14(16)18)2-3-11(9)8-21(19,20)13-4-5-17-7-12(13)15/h2-7H,8,15H2,1H3,(H2,16,18). The molecule has 2 aromatic rings. The normalized spacial score (nSPS) is 11.3. The van der Waals surface area contributed by atoms with Crippen LogP contribution in [0.2, 0.25) is 0 Å². The Labute approximate surface area is 122 Å². The summed E-state index contributed by atoms with van der Waals surface area (Å²) >= 11 is 0. The summed E-state index contributed by atoms with van der Waals surface area (Å²) in [4.78, 5) is 14.9. The molecule has 0 unspecified atom stereocenters. The first-order valence-corrected chi connectivity index (χ1v) is 7.78. The van der Waals surface area contributed by atoms with Crippen LogP contribution in [0.5, 0.6) is 0 Å². The Morgan fingerprint density at radius 1 is 1.29 bits per heavy atom. The van der Waals surface area contributed by atoms with E-state index in [1.165, 1.54) is 24.5 Å². The van der Waals surface area contributed by atoms with Gasteiger partial charge >= 0.3 is 0 Å². The highest BCUT2D eigenvalue weighted by atomic mass is 32.2. The Bertz CT molecular complexity index is 801. The molecule has 2 rings (SSSR count). The number of nitrogen functional groups attached to an aromatic ring is 1. The van der Waals surface area contributed by atoms with Crippen LogP contribution < -0.4 is 11.5 Å². The Hall–Kier alpha value is -2.41. The first kappa shape index (κ1) is 15.0. The molecule has 1 aromatic carbocycles. The highest BCUT2D eigenvalue weighted by Gasteiger charge is 2.19. The lowest BCUT2D eigenvalue weighted by atomic mass is 10.1. The quantitative estimate of drug-likeness (QED) is 0.875. The van der Waals surface area contributed by atoms with Crippen LogP contribution in [0.25, 0.3) is 0 Å². The molecular weight excluding hydrogens is 290 g/mol. The molecule has 0 radical (unpaired) electrons. The molecule has 7 heteroatoms. The van der Waals surface area contributed by atoms with Crippen molar-refractivity contribution in [3.8, 4) is 0 Å². The average Bonchev–Trinajstić information content (AvgIpc) is 2.41. The molecule has 0 aliphatic rings. The van der Waals surface area contributed by atoms with Crippen LogP contribution in [0.15, 0.2) is 41.6 Å². The molecular formula is C14H15N3O3S. The van der Waals surface area contributed by atoms with E-state index in [4.69, 9.17) is 11.5 Å². The van der Waals surface area contributed by atoms with Crippen LogP contribution >= 0.6 is 0 Å². The molecule has 1 amide bonds. The number of nitrogens with two attached hydrogens (primary N) is 2. The highest BCUT2D eigenvalue weighted by molar-refractivity contribution is 7.90. The molecule has 110 valence electrons. The van der Waals surface area contributed by atoms with Crippen LogP contribution in [0.3, 0.4) is 0 Å². The van der Waals surface area contributed by atoms with E-state index < -0.39 is 15.7 Å². The van der Waals surface area contributed by atoms with Crippen LogP contribution in [0.4, 0.5) is 5.69 Å². The molecule has 0 atom stereocenters. The smallest absolute Gasteiger partial charge is 0.248 e. The van der Waals surface area contributed by atoms with Crippen molar-refractivity contribution >= 4 is 21.4 Å². The van der Waals surface area contributed by atoms with Crippen molar-refractivity contribution in [1.82, 2.24) is 4.98 Å². The fraction of sp³-hybridized carbons (Fsp3) is 0.143. The molecule has 0 aliphatic heterocycles. The number of carbonyl (C=O) groups is 1. The monoisotopic (exact) mass is 305 g/mol. The Kier molecular flexibility index (Phi) is 3.95. The van der Waals surface area contributed by atoms with Gasteiger partial charge in [-0.1, -0.05) is 6.07 Å². The zero-order chi connectivity index (χ0) is 15.6. The lowest BCUT2D eigenvalue weighted by Gasteiger charge is -2.10. The summed E-state index contributed by atoms with van der Waals surface area (Å²) in [7, 11) is -3.58. The molecule has 6 nitrogen and oxygen atoms in total. The first-order valence-electron chi connectivity index (χ1n) is 6.13. The van der Waals surface area contributed by atoms with E-state index in [1.54, 1.807) is 19.1 Å². The Morgan fingerprint density at radius 3 is 2.57 bits per heavy atom. The number of sulfone groups is 1. The van der Waals surface area contributed by atoms with Gasteiger partial charge in [-0.3, -0.25) is 9.78 Å². The zero-order valence-electron chi connectivity index (χ0n) is 11.4. The van der Waals surface area contributed by atoms with Gasteiger partial charge in [-0.25, -0.2) is 8.42 Å². The molecule has 4 N–H and O–H groups in total. The summed E-state index contributed by atoms with van der Waals surface area (Å²) in [6, 6.07) is 6.04. The maximum Gasteiger partial charge on any atom is 0.248 e. The third kappa shape index (κ3) is 3.19. The SMILES string of the molecule is Cc1cc(C(N)=O)ccc1CS(=O)(=O)c1ccncc1N. The largest absolute Gasteiger partial charge is 0.396 e. The Balaban J connectivity index is 2.38. The molecule has 1 aromatic heterocycles. The van der Waals surface area contributed by atoms with Crippen LogP contribution in [-0.2, 0) is 15.6 Å². The number of aromatic nitrogens is 1. The van der Waals surface area contributed by atoms with Gasteiger partial charge in [0.15, 0.2) is 9.84 Å². The fourth-order valence-electron chi connectivity index (χ4n) is 1.97. The molecule has 0 bridgehead atoms. The minimum absolute atomic E-state index is 0.0517. The van der Waals surface area contributed by atoms with Crippen LogP contribution in [0.1, 0.15) is 21.5 Å². The predicted molar refractivity (Wildman–Crippen MR) is 79.2 cm³/mol. The topological polar surface area (TPSA) is 116 Å². The number of rotatable bonds is 4. The lowest BCUT2D eigenvalue weighted by molar-refractivity contribution is 0.1000. The van der Waals surface area contributed by atoms with E-state index >= 15 is 0 Å². The second kappa shape index (κ2) is 5.53. The van der Waals surface area contributed by atoms with Crippen molar-refractivity contribution in [1.29, 1.82) is 0 Å². The molecule has 0 saturated heterocycles. The zero-order valence-corrected chi connectivity index (χ0v) is 12.2. The second-order valence-corrected chi connectivity index (χ2v) is 6.64. The molecule has 21 heavy (non-hydrogen) atoms. The van der Waals surface area contributed by atoms with E-state index in [0.717, 1.165) is 0 Å². The number of pyridine rings is 1. The molecule has 0 aliphatic carbocycles. The minimum Gasteiger partial charge on any atom is -0.396 e. The lowest BCUT2D eigenvalue weighted by Crippen LogP contribution is -2.12. The van der Waals surface area contributed by atoms with Crippen molar-refractivity contribution in [2.24, 2.45) is 5.73 Å². The number of primary amides is 1. The van der Waals surface area contributed by atoms with Crippen molar-refractivity contribution in [3.63, 3.8) is 0 Å². The van der Waals surface area contributed by atoms with Gasteiger partial charge in [0.05, 0.1) is 22.5 Å². The summed E-state index contributed by atoms with van der Waals surface area (Å²) in [5.74, 6) is -0.752. The van der Waals surface area contributed by atoms with E-state index in [9.17, 15) is 13.2 Å². The third-order valence-corrected chi connectivity index (χ3v) is 4.85. The highest BCUT2D eigenvalue weighted by Crippen LogP contribution is 2.23. The molecule has 0 fully saturated rings. The number of hydrogen-bond acceptors (Lipinski definition) is 5. The summed E-state index contributed by atoms with van der Waals surface area (Å²) in [6.45, 7) is 1.73. The van der Waals surface area contributed by atoms with E-state index in [-0.39, 0.29) is 16.3 Å². The van der Waals surface area contributed by atoms with Crippen molar-refractivity contribution < 1.29 is 13.2 Å². The first-order chi connectivity index (χ1) is 9.81.